The number of amides is 1. The van der Waals surface area contributed by atoms with Gasteiger partial charge in [0.25, 0.3) is 5.91 Å². The van der Waals surface area contributed by atoms with E-state index in [1.54, 1.807) is 7.11 Å². The number of ether oxygens (including phenoxy) is 1. The van der Waals surface area contributed by atoms with Crippen LogP contribution in [0.4, 0.5) is 11.5 Å². The highest BCUT2D eigenvalue weighted by molar-refractivity contribution is 9.10. The summed E-state index contributed by atoms with van der Waals surface area (Å²) in [5.74, 6) is 0.315. The molecule has 0 aliphatic heterocycles. The molecule has 2 aromatic rings. The molecule has 0 atom stereocenters. The fraction of sp³-hybridized carbons (Fsp3) is 0.267. The lowest BCUT2D eigenvalue weighted by Gasteiger charge is -2.09. The quantitative estimate of drug-likeness (QED) is 0.770. The molecule has 1 aromatic carbocycles. The van der Waals surface area contributed by atoms with Crippen molar-refractivity contribution in [3.63, 3.8) is 0 Å². The van der Waals surface area contributed by atoms with Gasteiger partial charge >= 0.3 is 0 Å². The molecule has 0 aliphatic carbocycles. The zero-order valence-electron chi connectivity index (χ0n) is 12.4. The third kappa shape index (κ3) is 4.51. The summed E-state index contributed by atoms with van der Waals surface area (Å²) in [6, 6.07) is 5.65. The van der Waals surface area contributed by atoms with Gasteiger partial charge in [0.2, 0.25) is 0 Å². The van der Waals surface area contributed by atoms with Gasteiger partial charge in [-0.15, -0.1) is 0 Å². The number of carbonyl (C=O) groups excluding carboxylic acids is 1. The first-order valence-corrected chi connectivity index (χ1v) is 7.52. The molecule has 0 aliphatic rings. The van der Waals surface area contributed by atoms with Crippen LogP contribution in [-0.4, -0.2) is 36.1 Å². The molecule has 0 saturated carbocycles. The maximum atomic E-state index is 12.2. The lowest BCUT2D eigenvalue weighted by Crippen LogP contribution is -2.15. The molecule has 0 fully saturated rings. The van der Waals surface area contributed by atoms with Crippen LogP contribution in [0.1, 0.15) is 16.1 Å². The van der Waals surface area contributed by atoms with Crippen molar-refractivity contribution < 1.29 is 9.53 Å². The Kier molecular flexibility index (Phi) is 5.85. The number of aryl methyl sites for hydroxylation is 1. The Morgan fingerprint density at radius 2 is 2.14 bits per heavy atom. The Morgan fingerprint density at radius 3 is 2.77 bits per heavy atom. The van der Waals surface area contributed by atoms with E-state index in [0.717, 1.165) is 15.7 Å². The van der Waals surface area contributed by atoms with Gasteiger partial charge in [-0.2, -0.15) is 0 Å². The normalized spacial score (nSPS) is 10.3. The molecule has 0 unspecified atom stereocenters. The molecule has 22 heavy (non-hydrogen) atoms. The molecule has 2 N–H and O–H groups in total. The first kappa shape index (κ1) is 16.4. The second kappa shape index (κ2) is 7.86. The van der Waals surface area contributed by atoms with Crippen LogP contribution >= 0.6 is 15.9 Å². The minimum atomic E-state index is -0.290. The van der Waals surface area contributed by atoms with Gasteiger partial charge in [0.05, 0.1) is 19.0 Å². The molecule has 0 radical (unpaired) electrons. The molecule has 0 bridgehead atoms. The molecule has 0 spiro atoms. The van der Waals surface area contributed by atoms with Crippen LogP contribution in [0.15, 0.2) is 35.1 Å². The number of hydrogen-bond acceptors (Lipinski definition) is 5. The number of hydrogen-bond donors (Lipinski definition) is 2. The molecule has 0 saturated heterocycles. The van der Waals surface area contributed by atoms with Crippen LogP contribution in [0.5, 0.6) is 0 Å². The van der Waals surface area contributed by atoms with Gasteiger partial charge in [-0.05, 0) is 30.7 Å². The topological polar surface area (TPSA) is 76.1 Å². The monoisotopic (exact) mass is 364 g/mol. The third-order valence-corrected chi connectivity index (χ3v) is 3.43. The number of methoxy groups -OCH3 is 1. The highest BCUT2D eigenvalue weighted by Gasteiger charge is 2.10. The number of nitrogens with zero attached hydrogens (tertiary/aromatic N) is 2. The second-order valence-corrected chi connectivity index (χ2v) is 5.54. The Morgan fingerprint density at radius 1 is 1.32 bits per heavy atom. The van der Waals surface area contributed by atoms with Crippen molar-refractivity contribution in [3.05, 3.63) is 46.3 Å². The number of nitrogens with one attached hydrogen (secondary N) is 2. The maximum absolute atomic E-state index is 12.2. The number of halogens is 1. The molecular weight excluding hydrogens is 348 g/mol. The number of aromatic nitrogens is 2. The predicted octanol–water partition coefficient (Wildman–Crippen LogP) is 2.86. The minimum absolute atomic E-state index is 0.264. The van der Waals surface area contributed by atoms with Crippen molar-refractivity contribution in [1.82, 2.24) is 9.97 Å². The summed E-state index contributed by atoms with van der Waals surface area (Å²) in [5.41, 5.74) is 1.98. The van der Waals surface area contributed by atoms with E-state index in [4.69, 9.17) is 4.74 Å². The molecule has 1 aromatic heterocycles. The van der Waals surface area contributed by atoms with E-state index in [2.05, 4.69) is 36.5 Å². The van der Waals surface area contributed by atoms with E-state index in [0.29, 0.717) is 19.0 Å². The van der Waals surface area contributed by atoms with Crippen LogP contribution < -0.4 is 10.6 Å². The summed E-state index contributed by atoms with van der Waals surface area (Å²) in [5, 5.41) is 5.86. The van der Waals surface area contributed by atoms with Gasteiger partial charge in [-0.25, -0.2) is 9.97 Å². The van der Waals surface area contributed by atoms with E-state index >= 15 is 0 Å². The van der Waals surface area contributed by atoms with Gasteiger partial charge in [-0.3, -0.25) is 4.79 Å². The Bertz CT molecular complexity index is 646. The van der Waals surface area contributed by atoms with Crippen LogP contribution in [0.2, 0.25) is 0 Å². The highest BCUT2D eigenvalue weighted by Crippen LogP contribution is 2.20. The van der Waals surface area contributed by atoms with Crippen LogP contribution in [0.25, 0.3) is 0 Å². The largest absolute Gasteiger partial charge is 0.383 e. The van der Waals surface area contributed by atoms with Crippen molar-refractivity contribution >= 4 is 33.3 Å². The van der Waals surface area contributed by atoms with Gasteiger partial charge in [0.15, 0.2) is 0 Å². The summed E-state index contributed by atoms with van der Waals surface area (Å²) in [4.78, 5) is 20.4. The first-order chi connectivity index (χ1) is 10.6. The van der Waals surface area contributed by atoms with E-state index in [1.807, 2.05) is 25.1 Å². The third-order valence-electron chi connectivity index (χ3n) is 2.93. The number of carbonyl (C=O) groups is 1. The van der Waals surface area contributed by atoms with Gasteiger partial charge in [0, 0.05) is 23.8 Å². The van der Waals surface area contributed by atoms with E-state index < -0.39 is 0 Å². The van der Waals surface area contributed by atoms with Crippen molar-refractivity contribution in [2.24, 2.45) is 0 Å². The van der Waals surface area contributed by atoms with Gasteiger partial charge < -0.3 is 15.4 Å². The highest BCUT2D eigenvalue weighted by atomic mass is 79.9. The Balaban J connectivity index is 2.00. The fourth-order valence-corrected chi connectivity index (χ4v) is 2.25. The summed E-state index contributed by atoms with van der Waals surface area (Å²) in [7, 11) is 1.63. The molecular formula is C15H17BrN4O2. The Labute approximate surface area is 137 Å². The van der Waals surface area contributed by atoms with Crippen molar-refractivity contribution in [2.45, 2.75) is 6.92 Å². The minimum Gasteiger partial charge on any atom is -0.383 e. The Hall–Kier alpha value is -1.99. The van der Waals surface area contributed by atoms with Crippen LogP contribution in [-0.2, 0) is 4.74 Å². The van der Waals surface area contributed by atoms with Gasteiger partial charge in [0.1, 0.15) is 11.5 Å². The second-order valence-electron chi connectivity index (χ2n) is 4.62. The lowest BCUT2D eigenvalue weighted by atomic mass is 10.2. The average Bonchev–Trinajstić information content (AvgIpc) is 2.51. The van der Waals surface area contributed by atoms with Crippen molar-refractivity contribution in [3.8, 4) is 0 Å². The molecule has 7 heteroatoms. The van der Waals surface area contributed by atoms with Crippen molar-refractivity contribution in [2.75, 3.05) is 30.9 Å². The first-order valence-electron chi connectivity index (χ1n) is 6.72. The number of rotatable bonds is 6. The number of benzene rings is 1. The van der Waals surface area contributed by atoms with Gasteiger partial charge in [-0.1, -0.05) is 15.9 Å². The number of anilines is 2. The molecule has 116 valence electrons. The lowest BCUT2D eigenvalue weighted by molar-refractivity contribution is 0.102. The predicted molar refractivity (Wildman–Crippen MR) is 89.2 cm³/mol. The molecule has 1 heterocycles. The van der Waals surface area contributed by atoms with E-state index in [-0.39, 0.29) is 11.6 Å². The maximum Gasteiger partial charge on any atom is 0.275 e. The molecule has 6 nitrogen and oxygen atoms in total. The van der Waals surface area contributed by atoms with E-state index in [9.17, 15) is 4.79 Å². The SMILES string of the molecule is COCCNc1cnc(C(=O)Nc2ccc(Br)cc2C)cn1. The smallest absolute Gasteiger partial charge is 0.275 e. The van der Waals surface area contributed by atoms with E-state index in [1.165, 1.54) is 12.4 Å². The fourth-order valence-electron chi connectivity index (χ4n) is 1.77. The standard InChI is InChI=1S/C15H17BrN4O2/c1-10-7-11(16)3-4-12(10)20-15(21)13-8-19-14(9-18-13)17-5-6-22-2/h3-4,7-9H,5-6H2,1-2H3,(H,17,19)(H,20,21). The zero-order valence-corrected chi connectivity index (χ0v) is 14.0. The summed E-state index contributed by atoms with van der Waals surface area (Å²) in [6.07, 6.45) is 2.97. The van der Waals surface area contributed by atoms with Crippen molar-refractivity contribution in [1.29, 1.82) is 0 Å². The van der Waals surface area contributed by atoms with Crippen LogP contribution in [0, 0.1) is 6.92 Å². The molecule has 2 rings (SSSR count). The van der Waals surface area contributed by atoms with Crippen LogP contribution in [0.3, 0.4) is 0 Å². The average molecular weight is 365 g/mol. The zero-order chi connectivity index (χ0) is 15.9. The molecule has 1 amide bonds. The summed E-state index contributed by atoms with van der Waals surface area (Å²) < 4.78 is 5.90. The summed E-state index contributed by atoms with van der Waals surface area (Å²) >= 11 is 3.39. The summed E-state index contributed by atoms with van der Waals surface area (Å²) in [6.45, 7) is 3.14.